The number of aliphatic hydroxyl groups is 2. The lowest BCUT2D eigenvalue weighted by Crippen LogP contribution is -2.09. The van der Waals surface area contributed by atoms with Crippen LogP contribution in [0, 0.1) is 0 Å². The van der Waals surface area contributed by atoms with E-state index in [4.69, 9.17) is 15.3 Å². The van der Waals surface area contributed by atoms with Gasteiger partial charge in [-0.05, 0) is 6.92 Å². The average Bonchev–Trinajstić information content (AvgIpc) is 2.02. The number of hydrogen-bond donors (Lipinski definition) is 3. The van der Waals surface area contributed by atoms with Crippen molar-refractivity contribution in [3.05, 3.63) is 23.7 Å². The maximum atomic E-state index is 10.4. The highest BCUT2D eigenvalue weighted by Gasteiger charge is 2.09. The molecule has 0 rings (SSSR count). The Hall–Kier alpha value is -1.78. The molecule has 0 aliphatic carbocycles. The number of allylic oxidation sites excluding steroid dienone is 1. The number of aliphatic hydroxyl groups excluding tert-OH is 2. The van der Waals surface area contributed by atoms with Gasteiger partial charge in [0.1, 0.15) is 5.76 Å². The third-order valence-electron chi connectivity index (χ3n) is 1.08. The molecule has 0 fully saturated rings. The van der Waals surface area contributed by atoms with Gasteiger partial charge in [0.25, 0.3) is 5.78 Å². The molecule has 0 aromatic rings. The van der Waals surface area contributed by atoms with Crippen LogP contribution < -0.4 is 0 Å². The molecule has 0 amide bonds. The molecule has 0 saturated heterocycles. The summed E-state index contributed by atoms with van der Waals surface area (Å²) in [6.45, 7) is 1.32. The van der Waals surface area contributed by atoms with E-state index in [1.165, 1.54) is 6.92 Å². The first-order valence-electron chi connectivity index (χ1n) is 2.98. The standard InChI is InChI=1S/C7H8O5/c1-4(3-8)5(9)2-6(10)7(11)12/h2-3,8-9H,1H3,(H,11,12)/b4-3-,5-2-. The maximum Gasteiger partial charge on any atom is 0.376 e. The van der Waals surface area contributed by atoms with Crippen molar-refractivity contribution in [2.24, 2.45) is 0 Å². The van der Waals surface area contributed by atoms with Crippen LogP contribution in [-0.4, -0.2) is 27.1 Å². The third-order valence-corrected chi connectivity index (χ3v) is 1.08. The van der Waals surface area contributed by atoms with Crippen LogP contribution in [0.5, 0.6) is 0 Å². The predicted octanol–water partition coefficient (Wildman–Crippen LogP) is 0.544. The van der Waals surface area contributed by atoms with Gasteiger partial charge in [-0.15, -0.1) is 0 Å². The van der Waals surface area contributed by atoms with E-state index >= 15 is 0 Å². The van der Waals surface area contributed by atoms with E-state index in [0.29, 0.717) is 12.3 Å². The van der Waals surface area contributed by atoms with Gasteiger partial charge in [-0.2, -0.15) is 0 Å². The molecule has 66 valence electrons. The van der Waals surface area contributed by atoms with Gasteiger partial charge in [-0.3, -0.25) is 4.79 Å². The number of ketones is 1. The molecule has 0 aromatic carbocycles. The van der Waals surface area contributed by atoms with Crippen LogP contribution in [0.4, 0.5) is 0 Å². The molecular formula is C7H8O5. The van der Waals surface area contributed by atoms with E-state index < -0.39 is 17.5 Å². The van der Waals surface area contributed by atoms with Gasteiger partial charge in [0.15, 0.2) is 0 Å². The van der Waals surface area contributed by atoms with Crippen molar-refractivity contribution in [2.75, 3.05) is 0 Å². The first-order valence-corrected chi connectivity index (χ1v) is 2.98. The molecule has 0 bridgehead atoms. The van der Waals surface area contributed by atoms with Gasteiger partial charge in [-0.1, -0.05) is 0 Å². The Morgan fingerprint density at radius 1 is 1.25 bits per heavy atom. The molecule has 5 nitrogen and oxygen atoms in total. The van der Waals surface area contributed by atoms with E-state index in [2.05, 4.69) is 0 Å². The third kappa shape index (κ3) is 2.87. The minimum Gasteiger partial charge on any atom is -0.515 e. The minimum absolute atomic E-state index is 0.0181. The lowest BCUT2D eigenvalue weighted by atomic mass is 10.2. The zero-order valence-corrected chi connectivity index (χ0v) is 6.31. The fourth-order valence-corrected chi connectivity index (χ4v) is 0.366. The zero-order valence-electron chi connectivity index (χ0n) is 6.31. The van der Waals surface area contributed by atoms with Crippen molar-refractivity contribution in [2.45, 2.75) is 6.92 Å². The first-order chi connectivity index (χ1) is 5.49. The topological polar surface area (TPSA) is 94.8 Å². The van der Waals surface area contributed by atoms with Gasteiger partial charge < -0.3 is 15.3 Å². The summed E-state index contributed by atoms with van der Waals surface area (Å²) in [6.07, 6.45) is 1.09. The molecule has 0 aliphatic heterocycles. The first kappa shape index (κ1) is 10.2. The Bertz CT molecular complexity index is 261. The number of hydrogen-bond acceptors (Lipinski definition) is 4. The molecule has 3 N–H and O–H groups in total. The van der Waals surface area contributed by atoms with Crippen molar-refractivity contribution in [3.8, 4) is 0 Å². The van der Waals surface area contributed by atoms with Crippen molar-refractivity contribution >= 4 is 11.8 Å². The summed E-state index contributed by atoms with van der Waals surface area (Å²) in [4.78, 5) is 20.4. The van der Waals surface area contributed by atoms with Gasteiger partial charge in [0, 0.05) is 11.6 Å². The number of carboxylic acid groups (broad SMARTS) is 1. The van der Waals surface area contributed by atoms with Gasteiger partial charge in [-0.25, -0.2) is 4.79 Å². The minimum atomic E-state index is -1.66. The van der Waals surface area contributed by atoms with Crippen molar-refractivity contribution in [3.63, 3.8) is 0 Å². The summed E-state index contributed by atoms with van der Waals surface area (Å²) >= 11 is 0. The molecule has 0 aromatic heterocycles. The van der Waals surface area contributed by atoms with Crippen LogP contribution in [0.3, 0.4) is 0 Å². The Morgan fingerprint density at radius 2 is 1.75 bits per heavy atom. The molecule has 0 radical (unpaired) electrons. The van der Waals surface area contributed by atoms with E-state index in [-0.39, 0.29) is 5.57 Å². The van der Waals surface area contributed by atoms with Crippen molar-refractivity contribution in [1.82, 2.24) is 0 Å². The van der Waals surface area contributed by atoms with E-state index in [9.17, 15) is 9.59 Å². The Morgan fingerprint density at radius 3 is 2.08 bits per heavy atom. The smallest absolute Gasteiger partial charge is 0.376 e. The summed E-state index contributed by atoms with van der Waals surface area (Å²) in [6, 6.07) is 0. The second kappa shape index (κ2) is 4.17. The van der Waals surface area contributed by atoms with Crippen LogP contribution in [0.25, 0.3) is 0 Å². The monoisotopic (exact) mass is 172 g/mol. The fraction of sp³-hybridized carbons (Fsp3) is 0.143. The van der Waals surface area contributed by atoms with Crippen molar-refractivity contribution < 1.29 is 24.9 Å². The SMILES string of the molecule is CC(=C/O)/C(O)=C/C(=O)C(=O)O. The molecule has 0 aliphatic rings. The number of carbonyl (C=O) groups is 2. The summed E-state index contributed by atoms with van der Waals surface area (Å²) in [5, 5.41) is 25.3. The van der Waals surface area contributed by atoms with E-state index in [0.717, 1.165) is 0 Å². The highest BCUT2D eigenvalue weighted by atomic mass is 16.4. The highest BCUT2D eigenvalue weighted by Crippen LogP contribution is 2.03. The molecule has 0 heterocycles. The largest absolute Gasteiger partial charge is 0.515 e. The number of aliphatic carboxylic acids is 1. The molecule has 12 heavy (non-hydrogen) atoms. The Labute approximate surface area is 68.3 Å². The number of carbonyl (C=O) groups excluding carboxylic acids is 1. The molecule has 5 heteroatoms. The van der Waals surface area contributed by atoms with E-state index in [1.807, 2.05) is 0 Å². The summed E-state index contributed by atoms with van der Waals surface area (Å²) in [5.74, 6) is -3.47. The Balaban J connectivity index is 4.58. The molecule has 0 spiro atoms. The fourth-order valence-electron chi connectivity index (χ4n) is 0.366. The van der Waals surface area contributed by atoms with E-state index in [1.54, 1.807) is 0 Å². The lowest BCUT2D eigenvalue weighted by molar-refractivity contribution is -0.146. The molecular weight excluding hydrogens is 164 g/mol. The van der Waals surface area contributed by atoms with Crippen LogP contribution >= 0.6 is 0 Å². The average molecular weight is 172 g/mol. The summed E-state index contributed by atoms with van der Waals surface area (Å²) in [5.41, 5.74) is 0.0181. The van der Waals surface area contributed by atoms with Crippen LogP contribution in [-0.2, 0) is 9.59 Å². The van der Waals surface area contributed by atoms with Gasteiger partial charge in [0.2, 0.25) is 0 Å². The van der Waals surface area contributed by atoms with Crippen molar-refractivity contribution in [1.29, 1.82) is 0 Å². The molecule has 0 saturated carbocycles. The maximum absolute atomic E-state index is 10.4. The lowest BCUT2D eigenvalue weighted by Gasteiger charge is -1.94. The Kier molecular flexibility index (Phi) is 3.55. The van der Waals surface area contributed by atoms with Gasteiger partial charge in [0.05, 0.1) is 6.26 Å². The quantitative estimate of drug-likeness (QED) is 0.250. The highest BCUT2D eigenvalue weighted by molar-refractivity contribution is 6.37. The second-order valence-corrected chi connectivity index (χ2v) is 2.01. The van der Waals surface area contributed by atoms with Gasteiger partial charge >= 0.3 is 5.97 Å². The number of rotatable bonds is 3. The van der Waals surface area contributed by atoms with Crippen LogP contribution in [0.2, 0.25) is 0 Å². The normalized spacial score (nSPS) is 12.8. The summed E-state index contributed by atoms with van der Waals surface area (Å²) < 4.78 is 0. The molecule has 0 atom stereocenters. The second-order valence-electron chi connectivity index (χ2n) is 2.01. The molecule has 0 unspecified atom stereocenters. The number of carboxylic acids is 1. The van der Waals surface area contributed by atoms with Crippen LogP contribution in [0.1, 0.15) is 6.92 Å². The predicted molar refractivity (Wildman–Crippen MR) is 39.7 cm³/mol. The van der Waals surface area contributed by atoms with Crippen LogP contribution in [0.15, 0.2) is 23.7 Å². The summed E-state index contributed by atoms with van der Waals surface area (Å²) in [7, 11) is 0. The zero-order chi connectivity index (χ0) is 9.72.